The van der Waals surface area contributed by atoms with Crippen molar-refractivity contribution in [3.05, 3.63) is 75.8 Å². The first-order valence-electron chi connectivity index (χ1n) is 9.00. The largest absolute Gasteiger partial charge is 0.507 e. The number of aryl methyl sites for hydroxylation is 1. The van der Waals surface area contributed by atoms with Gasteiger partial charge in [0.1, 0.15) is 17.1 Å². The number of phenolic OH excluding ortho intramolecular Hbond substituents is 1. The molecular weight excluding hydrogens is 390 g/mol. The monoisotopic (exact) mass is 409 g/mol. The molecule has 6 nitrogen and oxygen atoms in total. The zero-order chi connectivity index (χ0) is 20.5. The Labute approximate surface area is 171 Å². The van der Waals surface area contributed by atoms with Crippen LogP contribution in [0.5, 0.6) is 17.2 Å². The van der Waals surface area contributed by atoms with Crippen LogP contribution in [0.15, 0.2) is 67.6 Å². The number of rotatable bonds is 3. The summed E-state index contributed by atoms with van der Waals surface area (Å²) in [5, 5.41) is 20.5. The fourth-order valence-electron chi connectivity index (χ4n) is 3.32. The molecule has 1 aromatic heterocycles. The zero-order valence-electron chi connectivity index (χ0n) is 15.9. The van der Waals surface area contributed by atoms with Crippen LogP contribution < -0.4 is 10.4 Å². The highest BCUT2D eigenvalue weighted by Crippen LogP contribution is 2.47. The zero-order valence-corrected chi connectivity index (χ0v) is 16.7. The number of benzene rings is 2. The maximum absolute atomic E-state index is 12.5. The van der Waals surface area contributed by atoms with Crippen molar-refractivity contribution < 1.29 is 19.4 Å². The Balaban J connectivity index is 1.85. The van der Waals surface area contributed by atoms with Crippen LogP contribution in [-0.4, -0.2) is 23.0 Å². The molecule has 0 bridgehead atoms. The lowest BCUT2D eigenvalue weighted by Crippen LogP contribution is -2.17. The van der Waals surface area contributed by atoms with Gasteiger partial charge < -0.3 is 19.4 Å². The summed E-state index contributed by atoms with van der Waals surface area (Å²) in [4.78, 5) is 18.1. The van der Waals surface area contributed by atoms with Crippen LogP contribution >= 0.6 is 11.8 Å². The molecule has 0 unspecified atom stereocenters. The first kappa shape index (κ1) is 19.1. The van der Waals surface area contributed by atoms with Crippen LogP contribution in [-0.2, 0) is 0 Å². The molecule has 4 rings (SSSR count). The Bertz CT molecular complexity index is 1170. The first-order chi connectivity index (χ1) is 14.0. The Morgan fingerprint density at radius 2 is 1.93 bits per heavy atom. The van der Waals surface area contributed by atoms with E-state index < -0.39 is 5.63 Å². The van der Waals surface area contributed by atoms with Crippen molar-refractivity contribution in [2.45, 2.75) is 23.5 Å². The highest BCUT2D eigenvalue weighted by atomic mass is 32.2. The lowest BCUT2D eigenvalue weighted by atomic mass is 10.0. The van der Waals surface area contributed by atoms with E-state index in [2.05, 4.69) is 4.99 Å². The van der Waals surface area contributed by atoms with E-state index >= 15 is 0 Å². The topological polar surface area (TPSA) is 92.3 Å². The number of aliphatic imine (C=N–C) groups is 1. The van der Waals surface area contributed by atoms with Gasteiger partial charge in [0.05, 0.1) is 18.5 Å². The highest BCUT2D eigenvalue weighted by Gasteiger charge is 2.26. The fourth-order valence-corrected chi connectivity index (χ4v) is 4.55. The smallest absolute Gasteiger partial charge is 0.348 e. The predicted molar refractivity (Wildman–Crippen MR) is 112 cm³/mol. The van der Waals surface area contributed by atoms with E-state index in [1.807, 2.05) is 30.3 Å². The van der Waals surface area contributed by atoms with Gasteiger partial charge in [-0.05, 0) is 36.8 Å². The molecule has 0 radical (unpaired) electrons. The number of thioether (sulfide) groups is 1. The SMILES string of the molecule is COc1ccc([C@H]2CC(c3c(O)cc(C)oc3=O)=Nc3ccccc3S2)cc1O. The lowest BCUT2D eigenvalue weighted by Gasteiger charge is -2.17. The molecular formula is C22H19NO5S. The minimum absolute atomic E-state index is 0.0410. The van der Waals surface area contributed by atoms with E-state index in [9.17, 15) is 15.0 Å². The molecule has 29 heavy (non-hydrogen) atoms. The van der Waals surface area contributed by atoms with Crippen molar-refractivity contribution >= 4 is 23.2 Å². The molecule has 0 aliphatic carbocycles. The van der Waals surface area contributed by atoms with Crippen LogP contribution in [0, 0.1) is 6.92 Å². The van der Waals surface area contributed by atoms with E-state index in [4.69, 9.17) is 9.15 Å². The van der Waals surface area contributed by atoms with E-state index in [0.29, 0.717) is 29.3 Å². The Morgan fingerprint density at radius 3 is 2.66 bits per heavy atom. The molecule has 1 aliphatic heterocycles. The third kappa shape index (κ3) is 3.73. The van der Waals surface area contributed by atoms with Crippen molar-refractivity contribution in [1.82, 2.24) is 0 Å². The van der Waals surface area contributed by atoms with Crippen LogP contribution in [0.2, 0.25) is 0 Å². The quantitative estimate of drug-likeness (QED) is 0.650. The molecule has 0 spiro atoms. The molecule has 148 valence electrons. The van der Waals surface area contributed by atoms with Gasteiger partial charge in [0.15, 0.2) is 11.5 Å². The average molecular weight is 409 g/mol. The van der Waals surface area contributed by atoms with Gasteiger partial charge in [-0.3, -0.25) is 4.99 Å². The van der Waals surface area contributed by atoms with Crippen molar-refractivity contribution in [2.75, 3.05) is 7.11 Å². The van der Waals surface area contributed by atoms with Gasteiger partial charge in [-0.2, -0.15) is 0 Å². The number of para-hydroxylation sites is 1. The Kier molecular flexibility index (Phi) is 5.07. The second kappa shape index (κ2) is 7.67. The minimum atomic E-state index is -0.623. The molecule has 0 saturated carbocycles. The standard InChI is InChI=1S/C22H19NO5S/c1-12-9-17(25)21(22(26)28-12)15-11-20(13-7-8-18(27-2)16(24)10-13)29-19-6-4-3-5-14(19)23-15/h3-10,20,24-25H,11H2,1-2H3/t20-/m1/s1. The summed E-state index contributed by atoms with van der Waals surface area (Å²) in [5.74, 6) is 0.605. The lowest BCUT2D eigenvalue weighted by molar-refractivity contribution is 0.373. The van der Waals surface area contributed by atoms with E-state index in [0.717, 1.165) is 10.5 Å². The summed E-state index contributed by atoms with van der Waals surface area (Å²) in [6.45, 7) is 1.61. The van der Waals surface area contributed by atoms with Gasteiger partial charge in [-0.1, -0.05) is 18.2 Å². The summed E-state index contributed by atoms with van der Waals surface area (Å²) in [6.07, 6.45) is 0.368. The van der Waals surface area contributed by atoms with Crippen LogP contribution in [0.1, 0.15) is 28.6 Å². The highest BCUT2D eigenvalue weighted by molar-refractivity contribution is 7.99. The number of nitrogens with zero attached hydrogens (tertiary/aromatic N) is 1. The maximum Gasteiger partial charge on any atom is 0.348 e. The number of phenols is 1. The van der Waals surface area contributed by atoms with Crippen molar-refractivity contribution in [3.63, 3.8) is 0 Å². The maximum atomic E-state index is 12.5. The van der Waals surface area contributed by atoms with Crippen molar-refractivity contribution in [1.29, 1.82) is 0 Å². The third-order valence-electron chi connectivity index (χ3n) is 4.69. The molecule has 0 fully saturated rings. The summed E-state index contributed by atoms with van der Waals surface area (Å²) in [7, 11) is 1.50. The molecule has 0 saturated heterocycles. The van der Waals surface area contributed by atoms with Gasteiger partial charge in [-0.25, -0.2) is 4.79 Å². The molecule has 2 heterocycles. The summed E-state index contributed by atoms with van der Waals surface area (Å²) in [5.41, 5.74) is 1.45. The van der Waals surface area contributed by atoms with Crippen molar-refractivity contribution in [2.24, 2.45) is 4.99 Å². The van der Waals surface area contributed by atoms with Gasteiger partial charge in [0.2, 0.25) is 0 Å². The fraction of sp³-hybridized carbons (Fsp3) is 0.182. The number of ether oxygens (including phenoxy) is 1. The summed E-state index contributed by atoms with van der Waals surface area (Å²) in [6, 6.07) is 14.3. The van der Waals surface area contributed by atoms with E-state index in [1.165, 1.54) is 13.2 Å². The molecule has 2 N–H and O–H groups in total. The Morgan fingerprint density at radius 1 is 1.14 bits per heavy atom. The van der Waals surface area contributed by atoms with Gasteiger partial charge in [0, 0.05) is 22.6 Å². The molecule has 2 aromatic carbocycles. The number of fused-ring (bicyclic) bond motifs is 1. The third-order valence-corrected chi connectivity index (χ3v) is 6.01. The minimum Gasteiger partial charge on any atom is -0.507 e. The van der Waals surface area contributed by atoms with Crippen LogP contribution in [0.3, 0.4) is 0 Å². The van der Waals surface area contributed by atoms with E-state index in [1.54, 1.807) is 30.8 Å². The normalized spacial score (nSPS) is 15.9. The summed E-state index contributed by atoms with van der Waals surface area (Å²) < 4.78 is 10.3. The molecule has 7 heteroatoms. The molecule has 1 atom stereocenters. The molecule has 0 amide bonds. The average Bonchev–Trinajstić information content (AvgIpc) is 2.86. The number of methoxy groups -OCH3 is 1. The number of hydrogen-bond donors (Lipinski definition) is 2. The van der Waals surface area contributed by atoms with Crippen LogP contribution in [0.4, 0.5) is 5.69 Å². The van der Waals surface area contributed by atoms with Crippen molar-refractivity contribution in [3.8, 4) is 17.2 Å². The first-order valence-corrected chi connectivity index (χ1v) is 9.88. The molecule has 1 aliphatic rings. The Hall–Kier alpha value is -3.19. The summed E-state index contributed by atoms with van der Waals surface area (Å²) >= 11 is 1.59. The van der Waals surface area contributed by atoms with E-state index in [-0.39, 0.29) is 22.3 Å². The second-order valence-corrected chi connectivity index (χ2v) is 7.92. The van der Waals surface area contributed by atoms with Gasteiger partial charge in [0.25, 0.3) is 0 Å². The predicted octanol–water partition coefficient (Wildman–Crippen LogP) is 4.73. The number of hydrogen-bond acceptors (Lipinski definition) is 7. The van der Waals surface area contributed by atoms with Gasteiger partial charge in [-0.15, -0.1) is 11.8 Å². The van der Waals surface area contributed by atoms with Gasteiger partial charge >= 0.3 is 5.63 Å². The molecule has 3 aromatic rings. The van der Waals surface area contributed by atoms with Crippen LogP contribution in [0.25, 0.3) is 0 Å². The second-order valence-electron chi connectivity index (χ2n) is 6.67. The number of aromatic hydroxyl groups is 2.